The van der Waals surface area contributed by atoms with E-state index in [0.717, 1.165) is 5.56 Å². The Morgan fingerprint density at radius 3 is 1.34 bits per heavy atom. The molecule has 0 unspecified atom stereocenters. The summed E-state index contributed by atoms with van der Waals surface area (Å²) in [5.41, 5.74) is 9.89. The number of carbonyl (C=O) groups excluding carboxylic acids is 3. The number of aromatic nitrogens is 3. The van der Waals surface area contributed by atoms with Crippen LogP contribution in [0.2, 0.25) is 19.6 Å². The minimum atomic E-state index is -4.13. The minimum absolute atomic E-state index is 0. The number of rotatable bonds is 18. The van der Waals surface area contributed by atoms with Crippen molar-refractivity contribution in [3.8, 4) is 52.4 Å². The molecule has 0 fully saturated rings. The molecule has 6 N–H and O–H groups in total. The number of aryl methyl sites for hydroxylation is 4. The van der Waals surface area contributed by atoms with E-state index in [0.29, 0.717) is 67.5 Å². The molecule has 90 heavy (non-hydrogen) atoms. The fraction of sp³-hybridized carbons (Fsp3) is 0.311. The van der Waals surface area contributed by atoms with E-state index in [1.54, 1.807) is 73.8 Å². The quantitative estimate of drug-likeness (QED) is 0.0160. The number of aliphatic hydroxyl groups is 3. The van der Waals surface area contributed by atoms with Gasteiger partial charge in [0.2, 0.25) is 0 Å². The van der Waals surface area contributed by atoms with Crippen molar-refractivity contribution in [1.29, 1.82) is 0 Å². The van der Waals surface area contributed by atoms with Crippen molar-refractivity contribution >= 4 is 56.3 Å². The number of pyridine rings is 3. The Morgan fingerprint density at radius 1 is 0.511 bits per heavy atom. The standard InChI is InChI=1S/2C19H19NO7S.C13H17NO3Si.C10H13O4S.Y/c1-26-18-11-13(7-8-28(23,24)25)3-5-15(18)6-4-14-9-16(12-21)20-17(10-14)19(22)27-2;1-26-17-6-5-14(15(11-17)7-8-28(23,24)25)4-3-13-9-16(12-21)20-18(10-13)19(22)27-2;1-17-13(16)12-8-10(5-6-18(2,3)4)7-11(9-15)14-12;1-8-3-4-9(7-10(8)14-2)5-6-15(11,12)13;/h3,5,9-11,21H,7-8,12H2,1-2H3,(H,23,24,25);5-6,9-11,21H,7-8,12H2,1-2H3,(H,23,24,25);7-8,15H,9H2,1-4H3;3,7H,5-6H2,1-2H3,(H,11,12,13);/q;;;-1;. The van der Waals surface area contributed by atoms with E-state index >= 15 is 0 Å². The monoisotopic (exact) mass is 1390 g/mol. The molecular weight excluding hydrogens is 1320 g/mol. The molecule has 3 aromatic carbocycles. The van der Waals surface area contributed by atoms with Crippen LogP contribution < -0.4 is 14.2 Å². The number of hydrogen-bond donors (Lipinski definition) is 6. The average Bonchev–Trinajstić information content (AvgIpc) is 3.71. The van der Waals surface area contributed by atoms with Gasteiger partial charge in [-0.05, 0) is 97.1 Å². The molecule has 0 amide bonds. The Kier molecular flexibility index (Phi) is 32.9. The van der Waals surface area contributed by atoms with E-state index in [-0.39, 0.29) is 106 Å². The number of benzene rings is 3. The summed E-state index contributed by atoms with van der Waals surface area (Å²) in [6, 6.07) is 25.6. The van der Waals surface area contributed by atoms with Crippen LogP contribution in [0.5, 0.6) is 17.2 Å². The first-order valence-corrected chi connectivity index (χ1v) is 34.5. The fourth-order valence-corrected chi connectivity index (χ4v) is 9.05. The molecule has 24 nitrogen and oxygen atoms in total. The molecule has 0 aliphatic rings. The van der Waals surface area contributed by atoms with E-state index in [1.165, 1.54) is 53.7 Å². The normalized spacial score (nSPS) is 10.7. The molecule has 479 valence electrons. The molecule has 0 aliphatic heterocycles. The zero-order valence-corrected chi connectivity index (χ0v) is 57.2. The van der Waals surface area contributed by atoms with Gasteiger partial charge < -0.3 is 43.7 Å². The summed E-state index contributed by atoms with van der Waals surface area (Å²) in [5, 5.41) is 27.7. The third kappa shape index (κ3) is 29.4. The van der Waals surface area contributed by atoms with Gasteiger partial charge in [0, 0.05) is 60.7 Å². The van der Waals surface area contributed by atoms with E-state index in [9.17, 15) is 49.9 Å². The first-order chi connectivity index (χ1) is 41.8. The maximum absolute atomic E-state index is 11.7. The van der Waals surface area contributed by atoms with E-state index in [4.69, 9.17) is 33.0 Å². The summed E-state index contributed by atoms with van der Waals surface area (Å²) in [4.78, 5) is 46.7. The van der Waals surface area contributed by atoms with Gasteiger partial charge in [0.25, 0.3) is 30.4 Å². The number of hydrogen-bond acceptors (Lipinski definition) is 21. The van der Waals surface area contributed by atoms with Crippen molar-refractivity contribution in [2.45, 2.75) is 65.6 Å². The Labute approximate surface area is 550 Å². The van der Waals surface area contributed by atoms with Crippen molar-refractivity contribution < 1.29 is 130 Å². The summed E-state index contributed by atoms with van der Waals surface area (Å²) in [7, 11) is -5.34. The zero-order valence-electron chi connectivity index (χ0n) is 50.9. The smallest absolute Gasteiger partial charge is 0.356 e. The van der Waals surface area contributed by atoms with Crippen LogP contribution in [0.4, 0.5) is 0 Å². The number of carbonyl (C=O) groups is 3. The third-order valence-electron chi connectivity index (χ3n) is 11.4. The Morgan fingerprint density at radius 2 is 0.933 bits per heavy atom. The molecule has 0 spiro atoms. The summed E-state index contributed by atoms with van der Waals surface area (Å²) in [5.74, 6) is 13.3. The molecule has 0 saturated heterocycles. The summed E-state index contributed by atoms with van der Waals surface area (Å²) < 4.78 is 121. The van der Waals surface area contributed by atoms with Crippen LogP contribution >= 0.6 is 0 Å². The maximum atomic E-state index is 11.7. The zero-order chi connectivity index (χ0) is 66.7. The number of nitrogens with zero attached hydrogens (tertiary/aromatic N) is 3. The van der Waals surface area contributed by atoms with Gasteiger partial charge in [0.05, 0.1) is 102 Å². The number of ether oxygens (including phenoxy) is 6. The fourth-order valence-electron chi connectivity index (χ4n) is 7.08. The molecule has 6 rings (SSSR count). The second-order valence-corrected chi connectivity index (χ2v) is 29.0. The van der Waals surface area contributed by atoms with Gasteiger partial charge in [0.1, 0.15) is 36.7 Å². The van der Waals surface area contributed by atoms with Crippen LogP contribution in [0.1, 0.15) is 98.6 Å². The van der Waals surface area contributed by atoms with Crippen molar-refractivity contribution in [1.82, 2.24) is 15.0 Å². The van der Waals surface area contributed by atoms with Gasteiger partial charge in [-0.3, -0.25) is 13.7 Å². The molecule has 0 saturated carbocycles. The van der Waals surface area contributed by atoms with E-state index in [1.807, 2.05) is 6.92 Å². The summed E-state index contributed by atoms with van der Waals surface area (Å²) in [6.07, 6.45) is 0.413. The predicted molar refractivity (Wildman–Crippen MR) is 330 cm³/mol. The molecule has 1 radical (unpaired) electrons. The van der Waals surface area contributed by atoms with Crippen molar-refractivity contribution in [3.63, 3.8) is 0 Å². The van der Waals surface area contributed by atoms with Crippen molar-refractivity contribution in [3.05, 3.63) is 175 Å². The molecular formula is C61H68N3O21S3SiY-. The van der Waals surface area contributed by atoms with Crippen LogP contribution in [0.15, 0.2) is 84.9 Å². The Hall–Kier alpha value is -7.47. The van der Waals surface area contributed by atoms with Crippen LogP contribution in [-0.2, 0) is 116 Å². The summed E-state index contributed by atoms with van der Waals surface area (Å²) >= 11 is 0. The van der Waals surface area contributed by atoms with E-state index < -0.39 is 67.8 Å². The first-order valence-electron chi connectivity index (χ1n) is 26.2. The van der Waals surface area contributed by atoms with Gasteiger partial charge >= 0.3 is 17.9 Å². The van der Waals surface area contributed by atoms with Gasteiger partial charge in [0.15, 0.2) is 0 Å². The number of methoxy groups -OCH3 is 6. The average molecular weight is 1390 g/mol. The molecule has 6 aromatic rings. The Bertz CT molecular complexity index is 4030. The second kappa shape index (κ2) is 37.6. The molecule has 0 aliphatic carbocycles. The topological polar surface area (TPSA) is 369 Å². The van der Waals surface area contributed by atoms with Gasteiger partial charge in [-0.15, -0.1) is 17.2 Å². The van der Waals surface area contributed by atoms with Crippen LogP contribution in [0, 0.1) is 48.1 Å². The first kappa shape index (κ1) is 78.6. The van der Waals surface area contributed by atoms with Gasteiger partial charge in [-0.25, -0.2) is 29.3 Å². The maximum Gasteiger partial charge on any atom is 0.356 e. The van der Waals surface area contributed by atoms with Crippen molar-refractivity contribution in [2.24, 2.45) is 0 Å². The van der Waals surface area contributed by atoms with Crippen LogP contribution in [-0.4, -0.2) is 155 Å². The Balaban J connectivity index is 0.000000420. The number of aliphatic hydroxyl groups excluding tert-OH is 3. The molecule has 29 heteroatoms. The largest absolute Gasteiger partial charge is 0.522 e. The van der Waals surface area contributed by atoms with Gasteiger partial charge in [-0.1, -0.05) is 62.2 Å². The van der Waals surface area contributed by atoms with Crippen molar-refractivity contribution in [2.75, 3.05) is 59.9 Å². The second-order valence-electron chi connectivity index (χ2n) is 19.5. The SMILES string of the molecule is COC(=O)c1cc(C#C[Si](C)(C)C)cc(CO)n1.COC(=O)c1cc(C#Cc2ccc(CCS(=O)(=O)O)cc2OC)cc(CO)n1.COC(=O)c1cc(C#Cc2ccc(OC)cc2CCS(=O)(=O)O)cc(CO)n1.COc1cc(CCS(=O)(=O)O)[c-]cc1C.[Y]. The summed E-state index contributed by atoms with van der Waals surface area (Å²) in [6.45, 7) is 7.32. The molecule has 0 atom stereocenters. The van der Waals surface area contributed by atoms with Crippen LogP contribution in [0.3, 0.4) is 0 Å². The third-order valence-corrected chi connectivity index (χ3v) is 14.5. The minimum Gasteiger partial charge on any atom is -0.522 e. The molecule has 0 bridgehead atoms. The molecule has 3 heterocycles. The predicted octanol–water partition coefficient (Wildman–Crippen LogP) is 5.22. The molecule has 3 aromatic heterocycles. The van der Waals surface area contributed by atoms with E-state index in [2.05, 4.69) is 90.0 Å². The van der Waals surface area contributed by atoms with Crippen LogP contribution in [0.25, 0.3) is 0 Å². The number of esters is 3. The van der Waals surface area contributed by atoms with Gasteiger partial charge in [-0.2, -0.15) is 42.9 Å².